The van der Waals surface area contributed by atoms with E-state index in [1.165, 1.54) is 11.3 Å². The quantitative estimate of drug-likeness (QED) is 0.657. The van der Waals surface area contributed by atoms with E-state index in [1.54, 1.807) is 12.4 Å². The number of hydrogen-bond donors (Lipinski definition) is 1. The summed E-state index contributed by atoms with van der Waals surface area (Å²) in [6, 6.07) is 13.3. The number of ether oxygens (including phenoxy) is 2. The number of amides is 1. The number of carbonyl (C=O) groups excluding carboxylic acids is 1. The summed E-state index contributed by atoms with van der Waals surface area (Å²) >= 11 is 1.53. The largest absolute Gasteiger partial charge is 0.485 e. The van der Waals surface area contributed by atoms with Crippen LogP contribution in [0.1, 0.15) is 16.3 Å². The molecule has 1 amide bonds. The van der Waals surface area contributed by atoms with Crippen LogP contribution in [0, 0.1) is 0 Å². The van der Waals surface area contributed by atoms with Crippen molar-refractivity contribution in [1.82, 2.24) is 15.3 Å². The molecule has 0 saturated carbocycles. The van der Waals surface area contributed by atoms with Crippen molar-refractivity contribution in [3.63, 3.8) is 0 Å². The molecule has 6 nitrogen and oxygen atoms in total. The molecule has 0 fully saturated rings. The van der Waals surface area contributed by atoms with Gasteiger partial charge in [-0.25, -0.2) is 9.78 Å². The van der Waals surface area contributed by atoms with Gasteiger partial charge in [0.1, 0.15) is 24.0 Å². The smallest absolute Gasteiger partial charge is 0.407 e. The predicted molar refractivity (Wildman–Crippen MR) is 99.0 cm³/mol. The molecule has 1 N–H and O–H groups in total. The van der Waals surface area contributed by atoms with Crippen LogP contribution < -0.4 is 10.1 Å². The number of hydrogen-bond acceptors (Lipinski definition) is 6. The number of carbonyl (C=O) groups is 1. The van der Waals surface area contributed by atoms with Gasteiger partial charge < -0.3 is 14.8 Å². The summed E-state index contributed by atoms with van der Waals surface area (Å²) in [7, 11) is 0. The van der Waals surface area contributed by atoms with E-state index in [0.29, 0.717) is 25.3 Å². The van der Waals surface area contributed by atoms with Gasteiger partial charge in [-0.3, -0.25) is 4.98 Å². The van der Waals surface area contributed by atoms with Crippen molar-refractivity contribution in [3.8, 4) is 5.75 Å². The summed E-state index contributed by atoms with van der Waals surface area (Å²) in [6.07, 6.45) is 3.58. The lowest BCUT2D eigenvalue weighted by molar-refractivity contribution is 0.140. The lowest BCUT2D eigenvalue weighted by Crippen LogP contribution is -2.26. The molecule has 2 aromatic heterocycles. The Morgan fingerprint density at radius 3 is 2.81 bits per heavy atom. The SMILES string of the molecule is O=C(NCCc1csc(COc2cccnc2)n1)OCc1ccccc1. The first-order valence-corrected chi connectivity index (χ1v) is 9.08. The van der Waals surface area contributed by atoms with Gasteiger partial charge in [0, 0.05) is 24.5 Å². The molecule has 0 atom stereocenters. The fourth-order valence-corrected chi connectivity index (χ4v) is 2.91. The molecule has 0 unspecified atom stereocenters. The normalized spacial score (nSPS) is 10.3. The van der Waals surface area contributed by atoms with Gasteiger partial charge in [-0.2, -0.15) is 0 Å². The molecule has 0 spiro atoms. The molecule has 0 saturated heterocycles. The molecule has 0 radical (unpaired) electrons. The van der Waals surface area contributed by atoms with Crippen LogP contribution in [-0.2, 0) is 24.4 Å². The standard InChI is InChI=1S/C19H19N3O3S/c23-19(25-12-15-5-2-1-3-6-15)21-10-8-16-14-26-18(22-16)13-24-17-7-4-9-20-11-17/h1-7,9,11,14H,8,10,12-13H2,(H,21,23). The molecule has 0 aliphatic carbocycles. The lowest BCUT2D eigenvalue weighted by Gasteiger charge is -2.06. The second kappa shape index (κ2) is 9.53. The lowest BCUT2D eigenvalue weighted by atomic mass is 10.2. The third-order valence-corrected chi connectivity index (χ3v) is 4.33. The molecular weight excluding hydrogens is 350 g/mol. The van der Waals surface area contributed by atoms with Crippen LogP contribution in [0.15, 0.2) is 60.2 Å². The number of benzene rings is 1. The second-order valence-electron chi connectivity index (χ2n) is 5.45. The van der Waals surface area contributed by atoms with Gasteiger partial charge in [0.25, 0.3) is 0 Å². The van der Waals surface area contributed by atoms with E-state index < -0.39 is 6.09 Å². The predicted octanol–water partition coefficient (Wildman–Crippen LogP) is 3.59. The summed E-state index contributed by atoms with van der Waals surface area (Å²) < 4.78 is 10.8. The van der Waals surface area contributed by atoms with Crippen LogP contribution in [0.25, 0.3) is 0 Å². The zero-order valence-corrected chi connectivity index (χ0v) is 14.9. The highest BCUT2D eigenvalue weighted by Gasteiger charge is 2.06. The summed E-state index contributed by atoms with van der Waals surface area (Å²) in [5, 5.41) is 5.59. The summed E-state index contributed by atoms with van der Waals surface area (Å²) in [6.45, 7) is 1.14. The van der Waals surface area contributed by atoms with E-state index in [2.05, 4.69) is 15.3 Å². The third-order valence-electron chi connectivity index (χ3n) is 3.46. The molecule has 3 rings (SSSR count). The number of nitrogens with one attached hydrogen (secondary N) is 1. The molecule has 3 aromatic rings. The summed E-state index contributed by atoms with van der Waals surface area (Å²) in [4.78, 5) is 20.2. The highest BCUT2D eigenvalue weighted by atomic mass is 32.1. The molecule has 7 heteroatoms. The van der Waals surface area contributed by atoms with Gasteiger partial charge in [0.15, 0.2) is 0 Å². The fraction of sp³-hybridized carbons (Fsp3) is 0.211. The molecule has 26 heavy (non-hydrogen) atoms. The van der Waals surface area contributed by atoms with E-state index in [9.17, 15) is 4.79 Å². The van der Waals surface area contributed by atoms with Crippen LogP contribution in [0.3, 0.4) is 0 Å². The number of nitrogens with zero attached hydrogens (tertiary/aromatic N) is 2. The molecular formula is C19H19N3O3S. The Kier molecular flexibility index (Phi) is 6.55. The minimum absolute atomic E-state index is 0.263. The van der Waals surface area contributed by atoms with Crippen LogP contribution in [0.5, 0.6) is 5.75 Å². The van der Waals surface area contributed by atoms with Crippen molar-refractivity contribution in [1.29, 1.82) is 0 Å². The van der Waals surface area contributed by atoms with Gasteiger partial charge in [-0.15, -0.1) is 11.3 Å². The van der Waals surface area contributed by atoms with Gasteiger partial charge >= 0.3 is 6.09 Å². The maximum Gasteiger partial charge on any atom is 0.407 e. The van der Waals surface area contributed by atoms with Crippen LogP contribution in [0.2, 0.25) is 0 Å². The van der Waals surface area contributed by atoms with Crippen molar-refractivity contribution in [2.45, 2.75) is 19.6 Å². The van der Waals surface area contributed by atoms with Crippen LogP contribution >= 0.6 is 11.3 Å². The molecule has 0 aliphatic rings. The summed E-state index contributed by atoms with van der Waals surface area (Å²) in [5.74, 6) is 0.715. The first-order valence-electron chi connectivity index (χ1n) is 8.20. The van der Waals surface area contributed by atoms with Gasteiger partial charge in [-0.1, -0.05) is 30.3 Å². The Balaban J connectivity index is 1.34. The van der Waals surface area contributed by atoms with E-state index in [-0.39, 0.29) is 6.61 Å². The molecule has 0 aliphatic heterocycles. The monoisotopic (exact) mass is 369 g/mol. The number of pyridine rings is 1. The number of rotatable bonds is 8. The molecule has 2 heterocycles. The highest BCUT2D eigenvalue weighted by Crippen LogP contribution is 2.14. The maximum atomic E-state index is 11.7. The Hall–Kier alpha value is -2.93. The van der Waals surface area contributed by atoms with Gasteiger partial charge in [0.05, 0.1) is 11.9 Å². The van der Waals surface area contributed by atoms with Crippen molar-refractivity contribution >= 4 is 17.4 Å². The van der Waals surface area contributed by atoms with E-state index in [4.69, 9.17) is 9.47 Å². The highest BCUT2D eigenvalue weighted by molar-refractivity contribution is 7.09. The number of aromatic nitrogens is 2. The average Bonchev–Trinajstić information content (AvgIpc) is 3.14. The zero-order chi connectivity index (χ0) is 18.0. The Morgan fingerprint density at radius 2 is 2.00 bits per heavy atom. The number of thiazole rings is 1. The van der Waals surface area contributed by atoms with Crippen LogP contribution in [0.4, 0.5) is 4.79 Å². The molecule has 1 aromatic carbocycles. The first-order chi connectivity index (χ1) is 12.8. The molecule has 0 bridgehead atoms. The zero-order valence-electron chi connectivity index (χ0n) is 14.1. The number of alkyl carbamates (subject to hydrolysis) is 1. The topological polar surface area (TPSA) is 73.3 Å². The third kappa shape index (κ3) is 5.86. The average molecular weight is 369 g/mol. The van der Waals surface area contributed by atoms with Crippen molar-refractivity contribution < 1.29 is 14.3 Å². The van der Waals surface area contributed by atoms with Crippen molar-refractivity contribution in [2.75, 3.05) is 6.54 Å². The fourth-order valence-electron chi connectivity index (χ4n) is 2.17. The second-order valence-corrected chi connectivity index (χ2v) is 6.39. The van der Waals surface area contributed by atoms with Crippen molar-refractivity contribution in [3.05, 3.63) is 76.5 Å². The van der Waals surface area contributed by atoms with E-state index in [0.717, 1.165) is 16.3 Å². The Morgan fingerprint density at radius 1 is 1.12 bits per heavy atom. The Labute approximate surface area is 155 Å². The minimum atomic E-state index is -0.427. The van der Waals surface area contributed by atoms with Gasteiger partial charge in [0.2, 0.25) is 0 Å². The molecule has 134 valence electrons. The minimum Gasteiger partial charge on any atom is -0.485 e. The summed E-state index contributed by atoms with van der Waals surface area (Å²) in [5.41, 5.74) is 1.88. The van der Waals surface area contributed by atoms with E-state index >= 15 is 0 Å². The maximum absolute atomic E-state index is 11.7. The van der Waals surface area contributed by atoms with E-state index in [1.807, 2.05) is 47.8 Å². The van der Waals surface area contributed by atoms with Crippen LogP contribution in [-0.4, -0.2) is 22.6 Å². The van der Waals surface area contributed by atoms with Crippen molar-refractivity contribution in [2.24, 2.45) is 0 Å². The Bertz CT molecular complexity index is 809. The first kappa shape index (κ1) is 17.9. The van der Waals surface area contributed by atoms with Gasteiger partial charge in [-0.05, 0) is 17.7 Å².